The number of nitro benzene ring substituents is 1. The number of hydrogen-bond donors (Lipinski definition) is 1. The van der Waals surface area contributed by atoms with E-state index in [0.29, 0.717) is 18.1 Å². The van der Waals surface area contributed by atoms with Crippen molar-refractivity contribution in [2.75, 3.05) is 12.4 Å². The van der Waals surface area contributed by atoms with Gasteiger partial charge in [0.1, 0.15) is 11.4 Å². The average molecular weight is 306 g/mol. The molecule has 22 heavy (non-hydrogen) atoms. The first kappa shape index (κ1) is 16.3. The highest BCUT2D eigenvalue weighted by molar-refractivity contribution is 5.93. The van der Waals surface area contributed by atoms with Crippen LogP contribution in [0.3, 0.4) is 0 Å². The molecule has 6 heteroatoms. The molecule has 0 atom stereocenters. The number of benzene rings is 1. The lowest BCUT2D eigenvalue weighted by molar-refractivity contribution is -0.384. The minimum Gasteiger partial charge on any atom is -0.496 e. The third kappa shape index (κ3) is 4.44. The van der Waals surface area contributed by atoms with Crippen molar-refractivity contribution in [2.45, 2.75) is 44.9 Å². The van der Waals surface area contributed by atoms with Crippen molar-refractivity contribution in [3.05, 3.63) is 28.3 Å². The Morgan fingerprint density at radius 1 is 1.36 bits per heavy atom. The smallest absolute Gasteiger partial charge is 0.296 e. The van der Waals surface area contributed by atoms with Crippen LogP contribution in [0.1, 0.15) is 44.9 Å². The van der Waals surface area contributed by atoms with Crippen molar-refractivity contribution in [3.8, 4) is 5.75 Å². The first-order chi connectivity index (χ1) is 10.6. The molecule has 0 spiro atoms. The Balaban J connectivity index is 1.94. The van der Waals surface area contributed by atoms with Gasteiger partial charge in [-0.2, -0.15) is 0 Å². The summed E-state index contributed by atoms with van der Waals surface area (Å²) in [5.74, 6) is 0.844. The van der Waals surface area contributed by atoms with E-state index in [2.05, 4.69) is 5.32 Å². The van der Waals surface area contributed by atoms with E-state index in [1.165, 1.54) is 51.3 Å². The lowest BCUT2D eigenvalue weighted by atomic mass is 9.86. The molecule has 1 aliphatic rings. The van der Waals surface area contributed by atoms with Crippen LogP contribution in [-0.2, 0) is 4.79 Å². The lowest BCUT2D eigenvalue weighted by Gasteiger charge is -2.20. The Hall–Kier alpha value is -2.11. The second-order valence-corrected chi connectivity index (χ2v) is 5.73. The SMILES string of the molecule is COc1ccc(NC(=O)CCC2CCCCC2)c([N+](=O)[O-])c1. The monoisotopic (exact) mass is 306 g/mol. The number of ether oxygens (including phenoxy) is 1. The molecule has 1 aromatic carbocycles. The van der Waals surface area contributed by atoms with E-state index >= 15 is 0 Å². The molecule has 1 fully saturated rings. The molecule has 1 aliphatic carbocycles. The number of nitrogens with one attached hydrogen (secondary N) is 1. The van der Waals surface area contributed by atoms with Crippen LogP contribution in [-0.4, -0.2) is 17.9 Å². The zero-order valence-corrected chi connectivity index (χ0v) is 12.8. The molecule has 6 nitrogen and oxygen atoms in total. The Kier molecular flexibility index (Phi) is 5.75. The molecule has 1 amide bonds. The second-order valence-electron chi connectivity index (χ2n) is 5.73. The van der Waals surface area contributed by atoms with Crippen molar-refractivity contribution in [2.24, 2.45) is 5.92 Å². The zero-order valence-electron chi connectivity index (χ0n) is 12.8. The van der Waals surface area contributed by atoms with Crippen LogP contribution in [0, 0.1) is 16.0 Å². The summed E-state index contributed by atoms with van der Waals surface area (Å²) in [6.45, 7) is 0. The van der Waals surface area contributed by atoms with Gasteiger partial charge in [0.15, 0.2) is 0 Å². The fourth-order valence-corrected chi connectivity index (χ4v) is 2.92. The van der Waals surface area contributed by atoms with Gasteiger partial charge < -0.3 is 10.1 Å². The number of nitrogens with zero attached hydrogens (tertiary/aromatic N) is 1. The summed E-state index contributed by atoms with van der Waals surface area (Å²) in [5, 5.41) is 13.7. The van der Waals surface area contributed by atoms with Gasteiger partial charge in [-0.25, -0.2) is 0 Å². The van der Waals surface area contributed by atoms with Gasteiger partial charge in [0, 0.05) is 6.42 Å². The van der Waals surface area contributed by atoms with Gasteiger partial charge in [0.2, 0.25) is 5.91 Å². The first-order valence-corrected chi connectivity index (χ1v) is 7.72. The molecule has 1 saturated carbocycles. The van der Waals surface area contributed by atoms with Crippen molar-refractivity contribution in [3.63, 3.8) is 0 Å². The number of carbonyl (C=O) groups excluding carboxylic acids is 1. The van der Waals surface area contributed by atoms with Crippen LogP contribution in [0.5, 0.6) is 5.75 Å². The Morgan fingerprint density at radius 2 is 2.09 bits per heavy atom. The van der Waals surface area contributed by atoms with Crippen molar-refractivity contribution < 1.29 is 14.5 Å². The van der Waals surface area contributed by atoms with Crippen LogP contribution in [0.2, 0.25) is 0 Å². The molecule has 0 bridgehead atoms. The molecule has 0 aliphatic heterocycles. The normalized spacial score (nSPS) is 15.3. The quantitative estimate of drug-likeness (QED) is 0.638. The third-order valence-electron chi connectivity index (χ3n) is 4.18. The molecule has 2 rings (SSSR count). The van der Waals surface area contributed by atoms with Gasteiger partial charge in [-0.1, -0.05) is 32.1 Å². The molecule has 120 valence electrons. The van der Waals surface area contributed by atoms with Gasteiger partial charge in [-0.05, 0) is 24.5 Å². The molecular weight excluding hydrogens is 284 g/mol. The van der Waals surface area contributed by atoms with E-state index in [9.17, 15) is 14.9 Å². The zero-order chi connectivity index (χ0) is 15.9. The highest BCUT2D eigenvalue weighted by atomic mass is 16.6. The summed E-state index contributed by atoms with van der Waals surface area (Å²) >= 11 is 0. The summed E-state index contributed by atoms with van der Waals surface area (Å²) in [5.41, 5.74) is 0.0739. The molecule has 0 heterocycles. The molecule has 0 saturated heterocycles. The van der Waals surface area contributed by atoms with Crippen molar-refractivity contribution >= 4 is 17.3 Å². The Bertz CT molecular complexity index is 539. The maximum Gasteiger partial charge on any atom is 0.296 e. The van der Waals surface area contributed by atoms with Gasteiger partial charge >= 0.3 is 0 Å². The standard InChI is InChI=1S/C16H22N2O4/c1-22-13-8-9-14(15(11-13)18(20)21)17-16(19)10-7-12-5-3-2-4-6-12/h8-9,11-12H,2-7,10H2,1H3,(H,17,19). The number of rotatable bonds is 6. The van der Waals surface area contributed by atoms with E-state index in [0.717, 1.165) is 6.42 Å². The molecule has 1 aromatic rings. The second kappa shape index (κ2) is 7.77. The van der Waals surface area contributed by atoms with Crippen molar-refractivity contribution in [1.29, 1.82) is 0 Å². The molecule has 0 aromatic heterocycles. The fourth-order valence-electron chi connectivity index (χ4n) is 2.92. The summed E-state index contributed by atoms with van der Waals surface area (Å²) in [6, 6.07) is 4.43. The predicted molar refractivity (Wildman–Crippen MR) is 84.1 cm³/mol. The van der Waals surface area contributed by atoms with E-state index in [1.807, 2.05) is 0 Å². The van der Waals surface area contributed by atoms with Crippen LogP contribution in [0.15, 0.2) is 18.2 Å². The molecular formula is C16H22N2O4. The number of anilines is 1. The molecule has 0 unspecified atom stereocenters. The van der Waals surface area contributed by atoms with E-state index in [4.69, 9.17) is 4.74 Å². The van der Waals surface area contributed by atoms with E-state index in [-0.39, 0.29) is 17.3 Å². The minimum atomic E-state index is -0.515. The third-order valence-corrected chi connectivity index (χ3v) is 4.18. The van der Waals surface area contributed by atoms with Crippen molar-refractivity contribution in [1.82, 2.24) is 0 Å². The minimum absolute atomic E-state index is 0.148. The number of nitro groups is 1. The summed E-state index contributed by atoms with van der Waals surface area (Å²) in [6.07, 6.45) is 7.43. The fraction of sp³-hybridized carbons (Fsp3) is 0.562. The van der Waals surface area contributed by atoms with E-state index < -0.39 is 4.92 Å². The maximum absolute atomic E-state index is 12.0. The van der Waals surface area contributed by atoms with Crippen LogP contribution < -0.4 is 10.1 Å². The van der Waals surface area contributed by atoms with Gasteiger partial charge in [-0.3, -0.25) is 14.9 Å². The molecule has 1 N–H and O–H groups in total. The number of methoxy groups -OCH3 is 1. The van der Waals surface area contributed by atoms with Crippen LogP contribution >= 0.6 is 0 Å². The van der Waals surface area contributed by atoms with Gasteiger partial charge in [-0.15, -0.1) is 0 Å². The Labute approximate surface area is 130 Å². The number of amides is 1. The van der Waals surface area contributed by atoms with Crippen LogP contribution in [0.25, 0.3) is 0 Å². The Morgan fingerprint density at radius 3 is 2.73 bits per heavy atom. The molecule has 0 radical (unpaired) electrons. The van der Waals surface area contributed by atoms with E-state index in [1.54, 1.807) is 6.07 Å². The highest BCUT2D eigenvalue weighted by Gasteiger charge is 2.19. The maximum atomic E-state index is 12.0. The largest absolute Gasteiger partial charge is 0.496 e. The highest BCUT2D eigenvalue weighted by Crippen LogP contribution is 2.30. The summed E-state index contributed by atoms with van der Waals surface area (Å²) in [7, 11) is 1.45. The predicted octanol–water partition coefficient (Wildman–Crippen LogP) is 3.90. The average Bonchev–Trinajstić information content (AvgIpc) is 2.54. The topological polar surface area (TPSA) is 81.5 Å². The first-order valence-electron chi connectivity index (χ1n) is 7.72. The lowest BCUT2D eigenvalue weighted by Crippen LogP contribution is -2.15. The number of carbonyl (C=O) groups is 1. The van der Waals surface area contributed by atoms with Gasteiger partial charge in [0.05, 0.1) is 18.1 Å². The van der Waals surface area contributed by atoms with Gasteiger partial charge in [0.25, 0.3) is 5.69 Å². The number of hydrogen-bond acceptors (Lipinski definition) is 4. The van der Waals surface area contributed by atoms with Crippen LogP contribution in [0.4, 0.5) is 11.4 Å². The summed E-state index contributed by atoms with van der Waals surface area (Å²) < 4.78 is 4.97. The summed E-state index contributed by atoms with van der Waals surface area (Å²) in [4.78, 5) is 22.6.